The van der Waals surface area contributed by atoms with Crippen LogP contribution in [-0.4, -0.2) is 17.5 Å². The number of carbonyl (C=O) groups is 1. The molecule has 0 aromatic heterocycles. The fourth-order valence-corrected chi connectivity index (χ4v) is 5.26. The molecule has 166 valence electrons. The van der Waals surface area contributed by atoms with Crippen molar-refractivity contribution in [3.05, 3.63) is 99.8 Å². The number of hydrogen-bond donors (Lipinski definition) is 0. The molecular formula is C25H17Cl2F2N3O. The smallest absolute Gasteiger partial charge is 0.285 e. The van der Waals surface area contributed by atoms with E-state index in [0.717, 1.165) is 0 Å². The predicted molar refractivity (Wildman–Crippen MR) is 126 cm³/mol. The summed E-state index contributed by atoms with van der Waals surface area (Å²) in [6, 6.07) is 18.9. The number of alkyl halides is 2. The van der Waals surface area contributed by atoms with E-state index in [0.29, 0.717) is 32.7 Å². The highest BCUT2D eigenvalue weighted by atomic mass is 35.5. The van der Waals surface area contributed by atoms with Crippen LogP contribution in [0.3, 0.4) is 0 Å². The zero-order valence-electron chi connectivity index (χ0n) is 17.2. The Morgan fingerprint density at radius 3 is 2.03 bits per heavy atom. The van der Waals surface area contributed by atoms with Crippen LogP contribution >= 0.6 is 23.2 Å². The number of hydrogen-bond acceptors (Lipinski definition) is 1. The van der Waals surface area contributed by atoms with Gasteiger partial charge >= 0.3 is 6.03 Å². The quantitative estimate of drug-likeness (QED) is 0.348. The van der Waals surface area contributed by atoms with E-state index in [1.165, 1.54) is 9.80 Å². The first-order valence-corrected chi connectivity index (χ1v) is 11.0. The maximum Gasteiger partial charge on any atom is 0.330 e. The fourth-order valence-electron chi connectivity index (χ4n) is 5.01. The summed E-state index contributed by atoms with van der Waals surface area (Å²) < 4.78 is 29.0. The molecule has 4 nitrogen and oxygen atoms in total. The van der Waals surface area contributed by atoms with Crippen LogP contribution in [0.25, 0.3) is 4.85 Å². The minimum atomic E-state index is -2.91. The summed E-state index contributed by atoms with van der Waals surface area (Å²) in [6.45, 7) is 7.39. The fraction of sp³-hybridized carbons (Fsp3) is 0.200. The van der Waals surface area contributed by atoms with Crippen molar-refractivity contribution in [2.24, 2.45) is 0 Å². The number of benzene rings is 3. The lowest BCUT2D eigenvalue weighted by atomic mass is 9.66. The van der Waals surface area contributed by atoms with Gasteiger partial charge in [-0.25, -0.2) is 18.4 Å². The molecule has 2 amide bonds. The van der Waals surface area contributed by atoms with Gasteiger partial charge in [0, 0.05) is 34.3 Å². The molecule has 2 aliphatic rings. The van der Waals surface area contributed by atoms with Crippen molar-refractivity contribution in [3.8, 4) is 0 Å². The topological polar surface area (TPSA) is 27.9 Å². The summed E-state index contributed by atoms with van der Waals surface area (Å²) in [6.07, 6.45) is -0.989. The van der Waals surface area contributed by atoms with Gasteiger partial charge in [0.05, 0.1) is 18.2 Å². The summed E-state index contributed by atoms with van der Waals surface area (Å²) >= 11 is 12.1. The normalized spacial score (nSPS) is 20.6. The predicted octanol–water partition coefficient (Wildman–Crippen LogP) is 7.90. The van der Waals surface area contributed by atoms with Gasteiger partial charge in [-0.05, 0) is 54.1 Å². The first kappa shape index (κ1) is 21.7. The van der Waals surface area contributed by atoms with Crippen LogP contribution in [0.2, 0.25) is 10.0 Å². The van der Waals surface area contributed by atoms with Crippen molar-refractivity contribution < 1.29 is 13.6 Å². The second-order valence-corrected chi connectivity index (χ2v) is 9.24. The molecule has 1 heterocycles. The van der Waals surface area contributed by atoms with Crippen molar-refractivity contribution in [2.75, 3.05) is 9.80 Å². The minimum absolute atomic E-state index is 0.377. The minimum Gasteiger partial charge on any atom is -0.285 e. The molecule has 3 aromatic carbocycles. The summed E-state index contributed by atoms with van der Waals surface area (Å²) in [5.74, 6) is -2.91. The maximum atomic E-state index is 14.5. The van der Waals surface area contributed by atoms with Crippen molar-refractivity contribution in [1.82, 2.24) is 0 Å². The van der Waals surface area contributed by atoms with E-state index in [1.54, 1.807) is 72.8 Å². The Balaban J connectivity index is 1.73. The van der Waals surface area contributed by atoms with Gasteiger partial charge in [0.1, 0.15) is 0 Å². The Kier molecular flexibility index (Phi) is 5.08. The van der Waals surface area contributed by atoms with Gasteiger partial charge in [-0.2, -0.15) is 0 Å². The number of anilines is 2. The van der Waals surface area contributed by atoms with Gasteiger partial charge in [0.25, 0.3) is 5.92 Å². The zero-order chi connectivity index (χ0) is 23.4. The Hall–Kier alpha value is -3.14. The number of rotatable bonds is 3. The van der Waals surface area contributed by atoms with E-state index in [9.17, 15) is 13.6 Å². The second kappa shape index (κ2) is 7.72. The number of nitrogens with zero attached hydrogens (tertiary/aromatic N) is 3. The third-order valence-electron chi connectivity index (χ3n) is 6.24. The zero-order valence-corrected chi connectivity index (χ0v) is 18.7. The molecule has 1 spiro atoms. The van der Waals surface area contributed by atoms with Gasteiger partial charge in [-0.1, -0.05) is 47.5 Å². The van der Waals surface area contributed by atoms with Crippen molar-refractivity contribution in [2.45, 2.75) is 30.3 Å². The molecule has 1 saturated carbocycles. The Morgan fingerprint density at radius 2 is 1.48 bits per heavy atom. The number of amides is 2. The third kappa shape index (κ3) is 3.52. The highest BCUT2D eigenvalue weighted by Gasteiger charge is 2.70. The van der Waals surface area contributed by atoms with Crippen LogP contribution in [-0.2, 0) is 0 Å². The molecule has 8 heteroatoms. The summed E-state index contributed by atoms with van der Waals surface area (Å²) in [7, 11) is 0. The second-order valence-electron chi connectivity index (χ2n) is 8.36. The molecule has 0 bridgehead atoms. The third-order valence-corrected chi connectivity index (χ3v) is 6.75. The molecular weight excluding hydrogens is 467 g/mol. The first-order valence-electron chi connectivity index (χ1n) is 10.2. The monoisotopic (exact) mass is 483 g/mol. The van der Waals surface area contributed by atoms with E-state index in [1.807, 2.05) is 0 Å². The lowest BCUT2D eigenvalue weighted by molar-refractivity contribution is -0.124. The number of carbonyl (C=O) groups excluding carboxylic acids is 1. The standard InChI is InChI=1S/C25H17Cl2F2N3O/c1-30-19-4-2-3-16(13-19)22-24(14-25(28,29)15-24)32(21-11-7-18(27)8-12-21)23(33)31(22)20-9-5-17(26)6-10-20/h2-13,22H,14-15H2. The van der Waals surface area contributed by atoms with E-state index in [-0.39, 0.29) is 0 Å². The Morgan fingerprint density at radius 1 is 0.909 bits per heavy atom. The van der Waals surface area contributed by atoms with Crippen LogP contribution in [0.5, 0.6) is 0 Å². The van der Waals surface area contributed by atoms with Gasteiger partial charge in [-0.15, -0.1) is 0 Å². The lowest BCUT2D eigenvalue weighted by Gasteiger charge is -2.52. The Bertz CT molecular complexity index is 1260. The highest BCUT2D eigenvalue weighted by molar-refractivity contribution is 6.31. The average molecular weight is 484 g/mol. The van der Waals surface area contributed by atoms with Crippen molar-refractivity contribution >= 4 is 46.3 Å². The van der Waals surface area contributed by atoms with Crippen LogP contribution in [0.4, 0.5) is 30.6 Å². The molecule has 3 aromatic rings. The molecule has 1 unspecified atom stereocenters. The molecule has 5 rings (SSSR count). The lowest BCUT2D eigenvalue weighted by Crippen LogP contribution is -2.62. The van der Waals surface area contributed by atoms with Crippen molar-refractivity contribution in [1.29, 1.82) is 0 Å². The van der Waals surface area contributed by atoms with Gasteiger partial charge < -0.3 is 0 Å². The van der Waals surface area contributed by atoms with Gasteiger partial charge in [0.15, 0.2) is 5.69 Å². The summed E-state index contributed by atoms with van der Waals surface area (Å²) in [5.41, 5.74) is 0.826. The van der Waals surface area contributed by atoms with Crippen LogP contribution in [0.1, 0.15) is 24.4 Å². The largest absolute Gasteiger partial charge is 0.330 e. The summed E-state index contributed by atoms with van der Waals surface area (Å²) in [5, 5.41) is 0.977. The molecule has 0 N–H and O–H groups in total. The van der Waals surface area contributed by atoms with E-state index >= 15 is 0 Å². The van der Waals surface area contributed by atoms with Crippen LogP contribution < -0.4 is 9.80 Å². The molecule has 33 heavy (non-hydrogen) atoms. The van der Waals surface area contributed by atoms with Crippen molar-refractivity contribution in [3.63, 3.8) is 0 Å². The molecule has 0 radical (unpaired) electrons. The molecule has 2 fully saturated rings. The maximum absolute atomic E-state index is 14.5. The van der Waals surface area contributed by atoms with E-state index < -0.39 is 36.4 Å². The molecule has 1 atom stereocenters. The number of halogens is 4. The summed E-state index contributed by atoms with van der Waals surface area (Å²) in [4.78, 5) is 20.4. The van der Waals surface area contributed by atoms with Crippen LogP contribution in [0.15, 0.2) is 72.8 Å². The molecule has 1 aliphatic carbocycles. The SMILES string of the molecule is [C-]#[N+]c1cccc(C2N(c3ccc(Cl)cc3)C(=O)N(c3ccc(Cl)cc3)C23CC(F)(F)C3)c1. The number of urea groups is 1. The average Bonchev–Trinajstić information content (AvgIpc) is 3.02. The first-order chi connectivity index (χ1) is 15.7. The highest BCUT2D eigenvalue weighted by Crippen LogP contribution is 2.62. The Labute approximate surface area is 199 Å². The molecule has 1 saturated heterocycles. The van der Waals surface area contributed by atoms with E-state index in [2.05, 4.69) is 4.85 Å². The van der Waals surface area contributed by atoms with Gasteiger partial charge in [-0.3, -0.25) is 9.80 Å². The van der Waals surface area contributed by atoms with E-state index in [4.69, 9.17) is 29.8 Å². The molecule has 1 aliphatic heterocycles. The van der Waals surface area contributed by atoms with Crippen LogP contribution in [0, 0.1) is 6.57 Å². The van der Waals surface area contributed by atoms with Gasteiger partial charge in [0.2, 0.25) is 0 Å².